The molecule has 1 heterocycles. The second-order valence-corrected chi connectivity index (χ2v) is 5.44. The summed E-state index contributed by atoms with van der Waals surface area (Å²) in [5, 5.41) is 7.47. The van der Waals surface area contributed by atoms with Crippen molar-refractivity contribution in [2.24, 2.45) is 5.92 Å². The fraction of sp³-hybridized carbons (Fsp3) is 0.857. The first-order valence-corrected chi connectivity index (χ1v) is 7.12. The SMILES string of the molecule is CCNC(Cc1nc(CC(C)OC)no1)CC(C)C. The summed E-state index contributed by atoms with van der Waals surface area (Å²) in [5.41, 5.74) is 0. The van der Waals surface area contributed by atoms with Crippen molar-refractivity contribution < 1.29 is 9.26 Å². The maximum absolute atomic E-state index is 5.31. The third-order valence-corrected chi connectivity index (χ3v) is 3.05. The molecule has 0 aliphatic rings. The molecular formula is C14H27N3O2. The van der Waals surface area contributed by atoms with Crippen LogP contribution in [0.2, 0.25) is 0 Å². The minimum absolute atomic E-state index is 0.116. The van der Waals surface area contributed by atoms with E-state index in [1.807, 2.05) is 6.92 Å². The zero-order valence-corrected chi connectivity index (χ0v) is 12.8. The minimum atomic E-state index is 0.116. The lowest BCUT2D eigenvalue weighted by Gasteiger charge is -2.17. The first-order chi connectivity index (χ1) is 9.05. The summed E-state index contributed by atoms with van der Waals surface area (Å²) in [6.07, 6.45) is 2.71. The molecule has 5 heteroatoms. The molecule has 1 N–H and O–H groups in total. The van der Waals surface area contributed by atoms with Crippen LogP contribution in [0.3, 0.4) is 0 Å². The van der Waals surface area contributed by atoms with Crippen LogP contribution >= 0.6 is 0 Å². The molecule has 0 saturated heterocycles. The lowest BCUT2D eigenvalue weighted by molar-refractivity contribution is 0.116. The Labute approximate surface area is 116 Å². The Morgan fingerprint density at radius 1 is 1.26 bits per heavy atom. The molecule has 0 aliphatic heterocycles. The van der Waals surface area contributed by atoms with Crippen LogP contribution in [0.1, 0.15) is 45.8 Å². The molecule has 110 valence electrons. The smallest absolute Gasteiger partial charge is 0.228 e. The largest absolute Gasteiger partial charge is 0.381 e. The molecule has 0 aromatic carbocycles. The number of hydrogen-bond donors (Lipinski definition) is 1. The Morgan fingerprint density at radius 2 is 2.00 bits per heavy atom. The minimum Gasteiger partial charge on any atom is -0.381 e. The van der Waals surface area contributed by atoms with Gasteiger partial charge in [-0.15, -0.1) is 0 Å². The van der Waals surface area contributed by atoms with E-state index in [1.54, 1.807) is 7.11 Å². The summed E-state index contributed by atoms with van der Waals surface area (Å²) in [6.45, 7) is 9.52. The van der Waals surface area contributed by atoms with Gasteiger partial charge in [-0.2, -0.15) is 4.98 Å². The Kier molecular flexibility index (Phi) is 7.02. The van der Waals surface area contributed by atoms with Crippen molar-refractivity contribution in [3.05, 3.63) is 11.7 Å². The molecule has 1 aromatic rings. The molecular weight excluding hydrogens is 242 g/mol. The van der Waals surface area contributed by atoms with Gasteiger partial charge in [-0.25, -0.2) is 0 Å². The molecule has 2 atom stereocenters. The Balaban J connectivity index is 2.54. The van der Waals surface area contributed by atoms with Gasteiger partial charge in [0.25, 0.3) is 0 Å². The lowest BCUT2D eigenvalue weighted by Crippen LogP contribution is -2.32. The van der Waals surface area contributed by atoms with E-state index in [4.69, 9.17) is 9.26 Å². The number of nitrogens with zero attached hydrogens (tertiary/aromatic N) is 2. The van der Waals surface area contributed by atoms with Crippen LogP contribution in [0, 0.1) is 5.92 Å². The average Bonchev–Trinajstić information content (AvgIpc) is 2.75. The summed E-state index contributed by atoms with van der Waals surface area (Å²) in [7, 11) is 1.69. The van der Waals surface area contributed by atoms with Crippen molar-refractivity contribution >= 4 is 0 Å². The van der Waals surface area contributed by atoms with Crippen LogP contribution in [-0.2, 0) is 17.6 Å². The van der Waals surface area contributed by atoms with E-state index in [2.05, 4.69) is 36.2 Å². The summed E-state index contributed by atoms with van der Waals surface area (Å²) in [4.78, 5) is 4.43. The number of hydrogen-bond acceptors (Lipinski definition) is 5. The first kappa shape index (κ1) is 16.1. The highest BCUT2D eigenvalue weighted by Crippen LogP contribution is 2.11. The van der Waals surface area contributed by atoms with Gasteiger partial charge >= 0.3 is 0 Å². The molecule has 0 saturated carbocycles. The third-order valence-electron chi connectivity index (χ3n) is 3.05. The quantitative estimate of drug-likeness (QED) is 0.745. The highest BCUT2D eigenvalue weighted by Gasteiger charge is 2.16. The summed E-state index contributed by atoms with van der Waals surface area (Å²) >= 11 is 0. The van der Waals surface area contributed by atoms with Crippen LogP contribution in [0.4, 0.5) is 0 Å². The topological polar surface area (TPSA) is 60.2 Å². The van der Waals surface area contributed by atoms with Crippen LogP contribution in [0.5, 0.6) is 0 Å². The molecule has 0 fully saturated rings. The van der Waals surface area contributed by atoms with E-state index in [0.29, 0.717) is 24.3 Å². The number of ether oxygens (including phenoxy) is 1. The second-order valence-electron chi connectivity index (χ2n) is 5.44. The van der Waals surface area contributed by atoms with Crippen molar-refractivity contribution in [1.82, 2.24) is 15.5 Å². The van der Waals surface area contributed by atoms with Gasteiger partial charge < -0.3 is 14.6 Å². The fourth-order valence-electron chi connectivity index (χ4n) is 2.10. The van der Waals surface area contributed by atoms with Gasteiger partial charge in [-0.05, 0) is 25.8 Å². The number of aromatic nitrogens is 2. The van der Waals surface area contributed by atoms with Gasteiger partial charge in [-0.3, -0.25) is 0 Å². The third kappa shape index (κ3) is 6.16. The number of likely N-dealkylation sites (N-methyl/N-ethyl adjacent to an activating group) is 1. The lowest BCUT2D eigenvalue weighted by atomic mass is 10.0. The Hall–Kier alpha value is -0.940. The van der Waals surface area contributed by atoms with Crippen molar-refractivity contribution in [1.29, 1.82) is 0 Å². The van der Waals surface area contributed by atoms with Gasteiger partial charge in [0.2, 0.25) is 5.89 Å². The van der Waals surface area contributed by atoms with E-state index in [1.165, 1.54) is 0 Å². The molecule has 5 nitrogen and oxygen atoms in total. The van der Waals surface area contributed by atoms with Crippen molar-refractivity contribution in [2.75, 3.05) is 13.7 Å². The van der Waals surface area contributed by atoms with Gasteiger partial charge in [0.05, 0.1) is 6.10 Å². The standard InChI is InChI=1S/C14H27N3O2/c1-6-15-12(7-10(2)3)9-14-16-13(17-19-14)8-11(4)18-5/h10-12,15H,6-9H2,1-5H3. The summed E-state index contributed by atoms with van der Waals surface area (Å²) in [5.74, 6) is 2.09. The molecule has 0 aliphatic carbocycles. The molecule has 0 radical (unpaired) electrons. The van der Waals surface area contributed by atoms with Gasteiger partial charge in [-0.1, -0.05) is 25.9 Å². The Bertz CT molecular complexity index is 352. The van der Waals surface area contributed by atoms with E-state index >= 15 is 0 Å². The molecule has 19 heavy (non-hydrogen) atoms. The number of methoxy groups -OCH3 is 1. The van der Waals surface area contributed by atoms with Gasteiger partial charge in [0, 0.05) is 26.0 Å². The molecule has 0 amide bonds. The monoisotopic (exact) mass is 269 g/mol. The normalized spacial score (nSPS) is 14.8. The molecule has 1 rings (SSSR count). The molecule has 0 spiro atoms. The van der Waals surface area contributed by atoms with E-state index < -0.39 is 0 Å². The van der Waals surface area contributed by atoms with Crippen molar-refractivity contribution in [3.63, 3.8) is 0 Å². The van der Waals surface area contributed by atoms with Gasteiger partial charge in [0.15, 0.2) is 5.82 Å². The van der Waals surface area contributed by atoms with Crippen LogP contribution in [-0.4, -0.2) is 35.9 Å². The summed E-state index contributed by atoms with van der Waals surface area (Å²) in [6, 6.07) is 0.401. The highest BCUT2D eigenvalue weighted by molar-refractivity contribution is 4.91. The van der Waals surface area contributed by atoms with Crippen molar-refractivity contribution in [3.8, 4) is 0 Å². The maximum Gasteiger partial charge on any atom is 0.228 e. The van der Waals surface area contributed by atoms with E-state index in [-0.39, 0.29) is 6.10 Å². The summed E-state index contributed by atoms with van der Waals surface area (Å²) < 4.78 is 10.5. The van der Waals surface area contributed by atoms with Gasteiger partial charge in [0.1, 0.15) is 0 Å². The Morgan fingerprint density at radius 3 is 2.58 bits per heavy atom. The van der Waals surface area contributed by atoms with Crippen LogP contribution < -0.4 is 5.32 Å². The fourth-order valence-corrected chi connectivity index (χ4v) is 2.10. The molecule has 0 bridgehead atoms. The first-order valence-electron chi connectivity index (χ1n) is 7.12. The van der Waals surface area contributed by atoms with Crippen LogP contribution in [0.15, 0.2) is 4.52 Å². The predicted molar refractivity (Wildman–Crippen MR) is 75.1 cm³/mol. The zero-order valence-electron chi connectivity index (χ0n) is 12.8. The van der Waals surface area contributed by atoms with Crippen LogP contribution in [0.25, 0.3) is 0 Å². The zero-order chi connectivity index (χ0) is 14.3. The maximum atomic E-state index is 5.31. The number of rotatable bonds is 9. The van der Waals surface area contributed by atoms with E-state index in [0.717, 1.165) is 25.2 Å². The second kappa shape index (κ2) is 8.27. The molecule has 2 unspecified atom stereocenters. The number of nitrogens with one attached hydrogen (secondary N) is 1. The molecule has 1 aromatic heterocycles. The van der Waals surface area contributed by atoms with Crippen molar-refractivity contribution in [2.45, 2.75) is 59.1 Å². The van der Waals surface area contributed by atoms with E-state index in [9.17, 15) is 0 Å². The highest BCUT2D eigenvalue weighted by atomic mass is 16.5. The predicted octanol–water partition coefficient (Wildman–Crippen LogP) is 2.21. The average molecular weight is 269 g/mol.